The maximum atomic E-state index is 12.7. The number of carbonyl (C=O) groups is 1. The molecule has 0 saturated carbocycles. The van der Waals surface area contributed by atoms with Crippen molar-refractivity contribution in [3.05, 3.63) is 59.7 Å². The summed E-state index contributed by atoms with van der Waals surface area (Å²) in [5.41, 5.74) is 3.03. The van der Waals surface area contributed by atoms with Crippen LogP contribution in [0.4, 0.5) is 5.69 Å². The van der Waals surface area contributed by atoms with Gasteiger partial charge in [-0.05, 0) is 42.7 Å². The zero-order valence-electron chi connectivity index (χ0n) is 13.8. The third-order valence-corrected chi connectivity index (χ3v) is 4.11. The Morgan fingerprint density at radius 2 is 1.96 bits per heavy atom. The van der Waals surface area contributed by atoms with Gasteiger partial charge in [0.2, 0.25) is 0 Å². The molecule has 0 aromatic heterocycles. The number of rotatable bonds is 5. The first kappa shape index (κ1) is 18.1. The SMILES string of the molecule is CN(CCOc1ccccc1)C(=O)c1cccc2c1CCCN2.Cl. The van der Waals surface area contributed by atoms with Gasteiger partial charge in [-0.15, -0.1) is 12.4 Å². The molecule has 1 N–H and O–H groups in total. The summed E-state index contributed by atoms with van der Waals surface area (Å²) in [6.45, 7) is 2.02. The van der Waals surface area contributed by atoms with Gasteiger partial charge in [-0.25, -0.2) is 0 Å². The number of carbonyl (C=O) groups excluding carboxylic acids is 1. The van der Waals surface area contributed by atoms with Crippen LogP contribution in [-0.4, -0.2) is 37.6 Å². The van der Waals surface area contributed by atoms with Crippen molar-refractivity contribution in [1.82, 2.24) is 4.90 Å². The predicted octanol–water partition coefficient (Wildman–Crippen LogP) is 3.62. The molecule has 2 aromatic rings. The molecule has 128 valence electrons. The molecule has 0 bridgehead atoms. The number of nitrogens with zero attached hydrogens (tertiary/aromatic N) is 1. The van der Waals surface area contributed by atoms with Crippen LogP contribution in [0.15, 0.2) is 48.5 Å². The number of hydrogen-bond donors (Lipinski definition) is 1. The highest BCUT2D eigenvalue weighted by Crippen LogP contribution is 2.26. The number of halogens is 1. The highest BCUT2D eigenvalue weighted by molar-refractivity contribution is 5.97. The summed E-state index contributed by atoms with van der Waals surface area (Å²) in [5, 5.41) is 3.37. The molecule has 24 heavy (non-hydrogen) atoms. The van der Waals surface area contributed by atoms with Crippen molar-refractivity contribution in [2.75, 3.05) is 32.1 Å². The number of para-hydroxylation sites is 1. The molecule has 1 amide bonds. The Morgan fingerprint density at radius 3 is 2.75 bits per heavy atom. The van der Waals surface area contributed by atoms with Gasteiger partial charge in [-0.2, -0.15) is 0 Å². The van der Waals surface area contributed by atoms with E-state index in [1.807, 2.05) is 55.6 Å². The van der Waals surface area contributed by atoms with Crippen LogP contribution >= 0.6 is 12.4 Å². The van der Waals surface area contributed by atoms with Crippen molar-refractivity contribution in [1.29, 1.82) is 0 Å². The number of likely N-dealkylation sites (N-methyl/N-ethyl adjacent to an activating group) is 1. The van der Waals surface area contributed by atoms with Gasteiger partial charge in [0, 0.05) is 24.8 Å². The van der Waals surface area contributed by atoms with Gasteiger partial charge in [0.1, 0.15) is 12.4 Å². The molecule has 5 heteroatoms. The number of benzene rings is 2. The highest BCUT2D eigenvalue weighted by atomic mass is 35.5. The topological polar surface area (TPSA) is 41.6 Å². The first-order chi connectivity index (χ1) is 11.3. The van der Waals surface area contributed by atoms with E-state index in [1.165, 1.54) is 0 Å². The van der Waals surface area contributed by atoms with Gasteiger partial charge < -0.3 is 15.0 Å². The molecule has 0 aliphatic carbocycles. The van der Waals surface area contributed by atoms with Crippen molar-refractivity contribution in [2.24, 2.45) is 0 Å². The Morgan fingerprint density at radius 1 is 1.17 bits per heavy atom. The lowest BCUT2D eigenvalue weighted by molar-refractivity contribution is 0.0772. The minimum absolute atomic E-state index is 0. The van der Waals surface area contributed by atoms with E-state index in [2.05, 4.69) is 5.32 Å². The summed E-state index contributed by atoms with van der Waals surface area (Å²) >= 11 is 0. The van der Waals surface area contributed by atoms with E-state index in [0.717, 1.165) is 42.0 Å². The smallest absolute Gasteiger partial charge is 0.254 e. The van der Waals surface area contributed by atoms with E-state index in [1.54, 1.807) is 4.90 Å². The molecule has 1 heterocycles. The Hall–Kier alpha value is -2.20. The Balaban J connectivity index is 0.00000208. The summed E-state index contributed by atoms with van der Waals surface area (Å²) in [7, 11) is 1.83. The van der Waals surface area contributed by atoms with Crippen LogP contribution in [-0.2, 0) is 6.42 Å². The molecule has 0 saturated heterocycles. The first-order valence-corrected chi connectivity index (χ1v) is 8.05. The summed E-state index contributed by atoms with van der Waals surface area (Å²) in [4.78, 5) is 14.4. The van der Waals surface area contributed by atoms with E-state index >= 15 is 0 Å². The number of hydrogen-bond acceptors (Lipinski definition) is 3. The highest BCUT2D eigenvalue weighted by Gasteiger charge is 2.19. The molecule has 1 aliphatic rings. The second kappa shape index (κ2) is 8.60. The zero-order chi connectivity index (χ0) is 16.1. The Bertz CT molecular complexity index is 676. The first-order valence-electron chi connectivity index (χ1n) is 8.05. The van der Waals surface area contributed by atoms with Crippen molar-refractivity contribution in [3.63, 3.8) is 0 Å². The van der Waals surface area contributed by atoms with Gasteiger partial charge in [0.25, 0.3) is 5.91 Å². The molecule has 1 aliphatic heterocycles. The third kappa shape index (κ3) is 4.20. The van der Waals surface area contributed by atoms with Crippen LogP contribution in [0.5, 0.6) is 5.75 Å². The van der Waals surface area contributed by atoms with E-state index in [9.17, 15) is 4.79 Å². The molecule has 0 radical (unpaired) electrons. The summed E-state index contributed by atoms with van der Waals surface area (Å²) in [6.07, 6.45) is 2.02. The third-order valence-electron chi connectivity index (χ3n) is 4.11. The number of nitrogens with one attached hydrogen (secondary N) is 1. The van der Waals surface area contributed by atoms with Crippen LogP contribution < -0.4 is 10.1 Å². The zero-order valence-corrected chi connectivity index (χ0v) is 14.6. The number of anilines is 1. The Kier molecular flexibility index (Phi) is 6.50. The quantitative estimate of drug-likeness (QED) is 0.899. The lowest BCUT2D eigenvalue weighted by atomic mass is 9.97. The molecule has 0 fully saturated rings. The second-order valence-corrected chi connectivity index (χ2v) is 5.75. The lowest BCUT2D eigenvalue weighted by Crippen LogP contribution is -2.32. The number of fused-ring (bicyclic) bond motifs is 1. The normalized spacial score (nSPS) is 12.4. The Labute approximate surface area is 149 Å². The monoisotopic (exact) mass is 346 g/mol. The van der Waals surface area contributed by atoms with Crippen LogP contribution in [0.2, 0.25) is 0 Å². The van der Waals surface area contributed by atoms with Crippen LogP contribution in [0.1, 0.15) is 22.3 Å². The van der Waals surface area contributed by atoms with Crippen molar-refractivity contribution in [3.8, 4) is 5.75 Å². The van der Waals surface area contributed by atoms with Crippen LogP contribution in [0, 0.1) is 0 Å². The molecule has 0 unspecified atom stereocenters. The molecular formula is C19H23ClN2O2. The lowest BCUT2D eigenvalue weighted by Gasteiger charge is -2.23. The maximum absolute atomic E-state index is 12.7. The van der Waals surface area contributed by atoms with Gasteiger partial charge in [-0.1, -0.05) is 24.3 Å². The minimum atomic E-state index is 0. The number of amides is 1. The van der Waals surface area contributed by atoms with E-state index < -0.39 is 0 Å². The molecule has 0 atom stereocenters. The fraction of sp³-hybridized carbons (Fsp3) is 0.316. The van der Waals surface area contributed by atoms with E-state index in [-0.39, 0.29) is 18.3 Å². The minimum Gasteiger partial charge on any atom is -0.492 e. The second-order valence-electron chi connectivity index (χ2n) is 5.75. The van der Waals surface area contributed by atoms with Gasteiger partial charge in [0.15, 0.2) is 0 Å². The van der Waals surface area contributed by atoms with Crippen LogP contribution in [0.3, 0.4) is 0 Å². The molecule has 4 nitrogen and oxygen atoms in total. The average molecular weight is 347 g/mol. The molecule has 3 rings (SSSR count). The largest absolute Gasteiger partial charge is 0.492 e. The average Bonchev–Trinajstić information content (AvgIpc) is 2.61. The van der Waals surface area contributed by atoms with Crippen LogP contribution in [0.25, 0.3) is 0 Å². The molecular weight excluding hydrogens is 324 g/mol. The summed E-state index contributed by atoms with van der Waals surface area (Å²) in [5.74, 6) is 0.886. The van der Waals surface area contributed by atoms with Crippen molar-refractivity contribution >= 4 is 24.0 Å². The van der Waals surface area contributed by atoms with Gasteiger partial charge in [0.05, 0.1) is 6.54 Å². The number of ether oxygens (including phenoxy) is 1. The molecule has 0 spiro atoms. The summed E-state index contributed by atoms with van der Waals surface area (Å²) < 4.78 is 5.67. The fourth-order valence-electron chi connectivity index (χ4n) is 2.83. The summed E-state index contributed by atoms with van der Waals surface area (Å²) in [6, 6.07) is 15.6. The van der Waals surface area contributed by atoms with E-state index in [4.69, 9.17) is 4.74 Å². The molecule has 2 aromatic carbocycles. The van der Waals surface area contributed by atoms with E-state index in [0.29, 0.717) is 13.2 Å². The fourth-order valence-corrected chi connectivity index (χ4v) is 2.83. The predicted molar refractivity (Wildman–Crippen MR) is 99.4 cm³/mol. The van der Waals surface area contributed by atoms with Gasteiger partial charge >= 0.3 is 0 Å². The maximum Gasteiger partial charge on any atom is 0.254 e. The van der Waals surface area contributed by atoms with Gasteiger partial charge in [-0.3, -0.25) is 4.79 Å². The standard InChI is InChI=1S/C19H22N2O2.ClH/c1-21(13-14-23-15-7-3-2-4-8-15)19(22)17-9-5-11-18-16(17)10-6-12-20-18;/h2-5,7-9,11,20H,6,10,12-14H2,1H3;1H. The van der Waals surface area contributed by atoms with Crippen molar-refractivity contribution in [2.45, 2.75) is 12.8 Å². The van der Waals surface area contributed by atoms with Crippen molar-refractivity contribution < 1.29 is 9.53 Å².